The Bertz CT molecular complexity index is 379. The van der Waals surface area contributed by atoms with E-state index in [1.165, 1.54) is 0 Å². The number of nitrogen functional groups attached to an aromatic ring is 1. The number of carbonyl (C=O) groups excluding carboxylic acids is 1. The summed E-state index contributed by atoms with van der Waals surface area (Å²) in [5, 5.41) is 0. The number of aromatic nitrogens is 2. The highest BCUT2D eigenvalue weighted by Crippen LogP contribution is 2.25. The number of carbonyl (C=O) groups is 1. The van der Waals surface area contributed by atoms with E-state index in [0.717, 1.165) is 25.2 Å². The van der Waals surface area contributed by atoms with Crippen molar-refractivity contribution in [3.63, 3.8) is 0 Å². The molecule has 0 aromatic carbocycles. The van der Waals surface area contributed by atoms with Crippen molar-refractivity contribution in [2.45, 2.75) is 19.3 Å². The van der Waals surface area contributed by atoms with Gasteiger partial charge in [0.05, 0.1) is 5.69 Å². The van der Waals surface area contributed by atoms with Crippen LogP contribution in [0.3, 0.4) is 0 Å². The molecule has 5 heteroatoms. The Morgan fingerprint density at radius 3 is 3.07 bits per heavy atom. The first-order valence-electron chi connectivity index (χ1n) is 5.01. The Balaban J connectivity index is 2.11. The summed E-state index contributed by atoms with van der Waals surface area (Å²) in [6, 6.07) is 1.87. The standard InChI is InChI=1S/C10H14N4O/c1-7(15)14-5-3-8(6-14)9-2-4-12-10(11)13-9/h2,4,8H,3,5-6H2,1H3,(H2,11,12,13). The topological polar surface area (TPSA) is 72.1 Å². The highest BCUT2D eigenvalue weighted by molar-refractivity contribution is 5.73. The second-order valence-corrected chi connectivity index (χ2v) is 3.79. The van der Waals surface area contributed by atoms with Crippen molar-refractivity contribution in [3.05, 3.63) is 18.0 Å². The zero-order valence-electron chi connectivity index (χ0n) is 8.68. The zero-order chi connectivity index (χ0) is 10.8. The van der Waals surface area contributed by atoms with Crippen LogP contribution in [0.2, 0.25) is 0 Å². The molecule has 80 valence electrons. The number of likely N-dealkylation sites (tertiary alicyclic amines) is 1. The molecule has 15 heavy (non-hydrogen) atoms. The van der Waals surface area contributed by atoms with Gasteiger partial charge in [0.1, 0.15) is 0 Å². The molecular weight excluding hydrogens is 192 g/mol. The SMILES string of the molecule is CC(=O)N1CCC(c2ccnc(N)n2)C1. The van der Waals surface area contributed by atoms with E-state index < -0.39 is 0 Å². The Hall–Kier alpha value is -1.65. The van der Waals surface area contributed by atoms with Crippen LogP contribution in [-0.4, -0.2) is 33.9 Å². The largest absolute Gasteiger partial charge is 0.368 e. The first kappa shape index (κ1) is 9.89. The quantitative estimate of drug-likeness (QED) is 0.721. The predicted molar refractivity (Wildman–Crippen MR) is 56.1 cm³/mol. The lowest BCUT2D eigenvalue weighted by Gasteiger charge is -2.13. The van der Waals surface area contributed by atoms with E-state index in [0.29, 0.717) is 11.9 Å². The molecule has 2 heterocycles. The average Bonchev–Trinajstić information content (AvgIpc) is 2.66. The van der Waals surface area contributed by atoms with Gasteiger partial charge >= 0.3 is 0 Å². The Kier molecular flexibility index (Phi) is 2.53. The van der Waals surface area contributed by atoms with E-state index in [9.17, 15) is 4.79 Å². The molecule has 0 aliphatic carbocycles. The van der Waals surface area contributed by atoms with E-state index in [1.807, 2.05) is 11.0 Å². The highest BCUT2D eigenvalue weighted by Gasteiger charge is 2.26. The molecule has 1 unspecified atom stereocenters. The molecule has 1 amide bonds. The minimum atomic E-state index is 0.125. The maximum atomic E-state index is 11.2. The summed E-state index contributed by atoms with van der Waals surface area (Å²) in [4.78, 5) is 21.0. The van der Waals surface area contributed by atoms with Crippen molar-refractivity contribution >= 4 is 11.9 Å². The minimum Gasteiger partial charge on any atom is -0.368 e. The Morgan fingerprint density at radius 1 is 1.67 bits per heavy atom. The number of hydrogen-bond acceptors (Lipinski definition) is 4. The van der Waals surface area contributed by atoms with Crippen molar-refractivity contribution < 1.29 is 4.79 Å². The minimum absolute atomic E-state index is 0.125. The van der Waals surface area contributed by atoms with Gasteiger partial charge in [-0.1, -0.05) is 0 Å². The van der Waals surface area contributed by atoms with Crippen LogP contribution >= 0.6 is 0 Å². The third-order valence-corrected chi connectivity index (χ3v) is 2.75. The third kappa shape index (κ3) is 2.06. The van der Waals surface area contributed by atoms with Crippen LogP contribution in [0.1, 0.15) is 25.0 Å². The van der Waals surface area contributed by atoms with Crippen molar-refractivity contribution in [1.82, 2.24) is 14.9 Å². The van der Waals surface area contributed by atoms with Gasteiger partial charge in [-0.3, -0.25) is 4.79 Å². The van der Waals surface area contributed by atoms with Crippen LogP contribution in [0.5, 0.6) is 0 Å². The van der Waals surface area contributed by atoms with Crippen LogP contribution in [0.15, 0.2) is 12.3 Å². The summed E-state index contributed by atoms with van der Waals surface area (Å²) >= 11 is 0. The lowest BCUT2D eigenvalue weighted by Crippen LogP contribution is -2.25. The van der Waals surface area contributed by atoms with E-state index in [4.69, 9.17) is 5.73 Å². The summed E-state index contributed by atoms with van der Waals surface area (Å²) in [6.07, 6.45) is 2.62. The lowest BCUT2D eigenvalue weighted by molar-refractivity contribution is -0.127. The van der Waals surface area contributed by atoms with E-state index in [2.05, 4.69) is 9.97 Å². The number of rotatable bonds is 1. The molecule has 1 aromatic heterocycles. The fraction of sp³-hybridized carbons (Fsp3) is 0.500. The molecule has 0 radical (unpaired) electrons. The highest BCUT2D eigenvalue weighted by atomic mass is 16.2. The number of nitrogens with two attached hydrogens (primary N) is 1. The van der Waals surface area contributed by atoms with E-state index in [-0.39, 0.29) is 5.91 Å². The summed E-state index contributed by atoms with van der Waals surface area (Å²) in [7, 11) is 0. The first-order valence-corrected chi connectivity index (χ1v) is 5.01. The second-order valence-electron chi connectivity index (χ2n) is 3.79. The van der Waals surface area contributed by atoms with Crippen molar-refractivity contribution in [2.75, 3.05) is 18.8 Å². The van der Waals surface area contributed by atoms with Gasteiger partial charge in [-0.2, -0.15) is 0 Å². The smallest absolute Gasteiger partial charge is 0.220 e. The maximum absolute atomic E-state index is 11.2. The molecule has 1 atom stereocenters. The van der Waals surface area contributed by atoms with Gasteiger partial charge in [0.2, 0.25) is 11.9 Å². The zero-order valence-corrected chi connectivity index (χ0v) is 8.68. The molecule has 1 aliphatic rings. The first-order chi connectivity index (χ1) is 7.16. The van der Waals surface area contributed by atoms with Gasteiger partial charge in [0.15, 0.2) is 0 Å². The van der Waals surface area contributed by atoms with Crippen molar-refractivity contribution in [2.24, 2.45) is 0 Å². The molecule has 2 N–H and O–H groups in total. The molecule has 1 aromatic rings. The molecule has 1 aliphatic heterocycles. The number of amides is 1. The Morgan fingerprint density at radius 2 is 2.47 bits per heavy atom. The fourth-order valence-corrected chi connectivity index (χ4v) is 1.90. The van der Waals surface area contributed by atoms with E-state index >= 15 is 0 Å². The number of hydrogen-bond donors (Lipinski definition) is 1. The van der Waals surface area contributed by atoms with Crippen LogP contribution < -0.4 is 5.73 Å². The van der Waals surface area contributed by atoms with Crippen molar-refractivity contribution in [1.29, 1.82) is 0 Å². The van der Waals surface area contributed by atoms with Gasteiger partial charge in [-0.05, 0) is 12.5 Å². The van der Waals surface area contributed by atoms with Crippen LogP contribution in [0, 0.1) is 0 Å². The average molecular weight is 206 g/mol. The van der Waals surface area contributed by atoms with Gasteiger partial charge in [0.25, 0.3) is 0 Å². The van der Waals surface area contributed by atoms with Gasteiger partial charge in [-0.15, -0.1) is 0 Å². The lowest BCUT2D eigenvalue weighted by atomic mass is 10.1. The fourth-order valence-electron chi connectivity index (χ4n) is 1.90. The summed E-state index contributed by atoms with van der Waals surface area (Å²) in [6.45, 7) is 3.15. The predicted octanol–water partition coefficient (Wildman–Crippen LogP) is 0.395. The molecule has 1 fully saturated rings. The van der Waals surface area contributed by atoms with Gasteiger partial charge in [0, 0.05) is 32.1 Å². The second kappa shape index (κ2) is 3.84. The van der Waals surface area contributed by atoms with Crippen LogP contribution in [-0.2, 0) is 4.79 Å². The summed E-state index contributed by atoms with van der Waals surface area (Å²) in [5.74, 6) is 0.729. The number of nitrogens with zero attached hydrogens (tertiary/aromatic N) is 3. The summed E-state index contributed by atoms with van der Waals surface area (Å²) in [5.41, 5.74) is 6.45. The maximum Gasteiger partial charge on any atom is 0.220 e. The van der Waals surface area contributed by atoms with Crippen molar-refractivity contribution in [3.8, 4) is 0 Å². The summed E-state index contributed by atoms with van der Waals surface area (Å²) < 4.78 is 0. The molecule has 5 nitrogen and oxygen atoms in total. The van der Waals surface area contributed by atoms with Gasteiger partial charge in [-0.25, -0.2) is 9.97 Å². The van der Waals surface area contributed by atoms with Crippen LogP contribution in [0.25, 0.3) is 0 Å². The molecule has 1 saturated heterocycles. The molecule has 0 saturated carbocycles. The normalized spacial score (nSPS) is 20.6. The van der Waals surface area contributed by atoms with E-state index in [1.54, 1.807) is 13.1 Å². The third-order valence-electron chi connectivity index (χ3n) is 2.75. The monoisotopic (exact) mass is 206 g/mol. The molecule has 2 rings (SSSR count). The molecular formula is C10H14N4O. The molecule has 0 spiro atoms. The number of anilines is 1. The Labute approximate surface area is 88.3 Å². The van der Waals surface area contributed by atoms with Gasteiger partial charge < -0.3 is 10.6 Å². The molecule has 0 bridgehead atoms. The van der Waals surface area contributed by atoms with Crippen LogP contribution in [0.4, 0.5) is 5.95 Å².